The van der Waals surface area contributed by atoms with Gasteiger partial charge in [0.25, 0.3) is 11.3 Å². The second-order valence-electron chi connectivity index (χ2n) is 3.82. The van der Waals surface area contributed by atoms with Gasteiger partial charge < -0.3 is 0 Å². The highest BCUT2D eigenvalue weighted by Crippen LogP contribution is 2.24. The van der Waals surface area contributed by atoms with Gasteiger partial charge in [-0.1, -0.05) is 42.5 Å². The molecule has 0 saturated carbocycles. The van der Waals surface area contributed by atoms with Crippen molar-refractivity contribution in [3.05, 3.63) is 54.6 Å². The molecule has 0 saturated heterocycles. The molecule has 1 atom stereocenters. The number of rotatable bonds is 2. The van der Waals surface area contributed by atoms with E-state index in [0.717, 1.165) is 5.56 Å². The monoisotopic (exact) mass is 258 g/mol. The average molecular weight is 258 g/mol. The Hall–Kier alpha value is -1.98. The number of nitrogens with zero attached hydrogens (tertiary/aromatic N) is 2. The molecule has 3 rings (SSSR count). The van der Waals surface area contributed by atoms with Crippen molar-refractivity contribution in [3.63, 3.8) is 0 Å². The van der Waals surface area contributed by atoms with Gasteiger partial charge in [-0.15, -0.1) is 0 Å². The standard InChI is InChI=1S/C13H10N2O2S/c16-18(17)15-12-9-5-4-8-11(12)14-13(15)10-6-2-1-3-7-10/h1-9H,(H,16,17). The molecule has 5 heteroatoms. The van der Waals surface area contributed by atoms with Crippen LogP contribution in [0.4, 0.5) is 0 Å². The smallest absolute Gasteiger partial charge is 0.267 e. The first kappa shape index (κ1) is 11.1. The molecule has 0 aliphatic carbocycles. The zero-order valence-electron chi connectivity index (χ0n) is 9.35. The van der Waals surface area contributed by atoms with Crippen molar-refractivity contribution < 1.29 is 8.76 Å². The van der Waals surface area contributed by atoms with Crippen LogP contribution in [0.2, 0.25) is 0 Å². The Balaban J connectivity index is 2.36. The highest BCUT2D eigenvalue weighted by Gasteiger charge is 2.15. The van der Waals surface area contributed by atoms with Crippen molar-refractivity contribution in [2.24, 2.45) is 0 Å². The van der Waals surface area contributed by atoms with Crippen molar-refractivity contribution in [2.75, 3.05) is 0 Å². The van der Waals surface area contributed by atoms with Crippen LogP contribution in [0, 0.1) is 0 Å². The minimum atomic E-state index is -2.13. The van der Waals surface area contributed by atoms with Gasteiger partial charge in [0.05, 0.1) is 11.0 Å². The van der Waals surface area contributed by atoms with Gasteiger partial charge >= 0.3 is 0 Å². The molecule has 1 aromatic heterocycles. The number of fused-ring (bicyclic) bond motifs is 1. The summed E-state index contributed by atoms with van der Waals surface area (Å²) in [5, 5.41) is 0. The Labute approximate surface area is 106 Å². The van der Waals surface area contributed by atoms with Crippen molar-refractivity contribution in [2.45, 2.75) is 0 Å². The number of aromatic nitrogens is 2. The summed E-state index contributed by atoms with van der Waals surface area (Å²) in [5.74, 6) is 0.498. The van der Waals surface area contributed by atoms with Crippen LogP contribution in [0.15, 0.2) is 54.6 Å². The van der Waals surface area contributed by atoms with Crippen LogP contribution in [-0.2, 0) is 11.3 Å². The van der Waals surface area contributed by atoms with E-state index in [4.69, 9.17) is 0 Å². The van der Waals surface area contributed by atoms with Gasteiger partial charge in [0.15, 0.2) is 5.82 Å². The molecule has 90 valence electrons. The van der Waals surface area contributed by atoms with Crippen LogP contribution < -0.4 is 0 Å². The third kappa shape index (κ3) is 1.73. The lowest BCUT2D eigenvalue weighted by Crippen LogP contribution is -2.04. The Morgan fingerprint density at radius 1 is 1.00 bits per heavy atom. The zero-order valence-corrected chi connectivity index (χ0v) is 10.2. The molecular formula is C13H10N2O2S. The van der Waals surface area contributed by atoms with Gasteiger partial charge in [0.2, 0.25) is 0 Å². The summed E-state index contributed by atoms with van der Waals surface area (Å²) in [7, 11) is 0. The Morgan fingerprint density at radius 3 is 2.39 bits per heavy atom. The summed E-state index contributed by atoms with van der Waals surface area (Å²) >= 11 is -2.13. The highest BCUT2D eigenvalue weighted by molar-refractivity contribution is 7.77. The van der Waals surface area contributed by atoms with Crippen molar-refractivity contribution in [1.29, 1.82) is 0 Å². The molecule has 4 nitrogen and oxygen atoms in total. The number of hydrogen-bond acceptors (Lipinski definition) is 2. The van der Waals surface area contributed by atoms with E-state index in [1.807, 2.05) is 48.5 Å². The molecular weight excluding hydrogens is 248 g/mol. The van der Waals surface area contributed by atoms with Crippen LogP contribution in [0.3, 0.4) is 0 Å². The molecule has 0 aliphatic heterocycles. The zero-order chi connectivity index (χ0) is 12.5. The lowest BCUT2D eigenvalue weighted by molar-refractivity contribution is 0.557. The molecule has 1 heterocycles. The van der Waals surface area contributed by atoms with Crippen LogP contribution in [0.1, 0.15) is 0 Å². The minimum Gasteiger partial charge on any atom is -0.289 e. The number of imidazole rings is 1. The minimum absolute atomic E-state index is 0.498. The summed E-state index contributed by atoms with van der Waals surface area (Å²) in [6.07, 6.45) is 0. The second-order valence-corrected chi connectivity index (χ2v) is 4.64. The second kappa shape index (κ2) is 4.36. The van der Waals surface area contributed by atoms with E-state index in [1.165, 1.54) is 3.97 Å². The molecule has 1 unspecified atom stereocenters. The molecule has 1 N–H and O–H groups in total. The third-order valence-corrected chi connectivity index (χ3v) is 3.39. The summed E-state index contributed by atoms with van der Waals surface area (Å²) in [6, 6.07) is 16.7. The number of para-hydroxylation sites is 2. The fourth-order valence-corrected chi connectivity index (χ4v) is 2.55. The summed E-state index contributed by atoms with van der Waals surface area (Å²) in [4.78, 5) is 4.41. The number of benzene rings is 2. The summed E-state index contributed by atoms with van der Waals surface area (Å²) in [6.45, 7) is 0. The van der Waals surface area contributed by atoms with E-state index >= 15 is 0 Å². The van der Waals surface area contributed by atoms with Gasteiger partial charge in [-0.05, 0) is 12.1 Å². The quantitative estimate of drug-likeness (QED) is 0.719. The first-order valence-electron chi connectivity index (χ1n) is 5.41. The van der Waals surface area contributed by atoms with Gasteiger partial charge in [-0.3, -0.25) is 4.55 Å². The van der Waals surface area contributed by atoms with E-state index in [9.17, 15) is 8.76 Å². The molecule has 3 aromatic rings. The Morgan fingerprint density at radius 2 is 1.67 bits per heavy atom. The predicted molar refractivity (Wildman–Crippen MR) is 71.3 cm³/mol. The van der Waals surface area contributed by atoms with Crippen molar-refractivity contribution in [1.82, 2.24) is 8.96 Å². The van der Waals surface area contributed by atoms with Crippen molar-refractivity contribution >= 4 is 22.3 Å². The molecule has 0 bridgehead atoms. The lowest BCUT2D eigenvalue weighted by Gasteiger charge is -2.03. The first-order chi connectivity index (χ1) is 8.77. The largest absolute Gasteiger partial charge is 0.289 e. The highest BCUT2D eigenvalue weighted by atomic mass is 32.2. The molecule has 0 spiro atoms. The third-order valence-electron chi connectivity index (χ3n) is 2.71. The van der Waals surface area contributed by atoms with E-state index in [2.05, 4.69) is 4.98 Å². The maximum absolute atomic E-state index is 11.5. The first-order valence-corrected chi connectivity index (χ1v) is 6.48. The van der Waals surface area contributed by atoms with Crippen LogP contribution in [0.25, 0.3) is 22.4 Å². The summed E-state index contributed by atoms with van der Waals surface area (Å²) < 4.78 is 22.3. The Kier molecular flexibility index (Phi) is 2.70. The number of hydrogen-bond donors (Lipinski definition) is 1. The molecule has 0 radical (unpaired) electrons. The summed E-state index contributed by atoms with van der Waals surface area (Å²) in [5.41, 5.74) is 2.17. The molecule has 18 heavy (non-hydrogen) atoms. The van der Waals surface area contributed by atoms with Crippen molar-refractivity contribution in [3.8, 4) is 11.4 Å². The fraction of sp³-hybridized carbons (Fsp3) is 0. The Bertz CT molecular complexity index is 722. The maximum Gasteiger partial charge on any atom is 0.267 e. The van der Waals surface area contributed by atoms with E-state index in [0.29, 0.717) is 16.9 Å². The normalized spacial score (nSPS) is 12.7. The predicted octanol–water partition coefficient (Wildman–Crippen LogP) is 2.69. The lowest BCUT2D eigenvalue weighted by atomic mass is 10.2. The van der Waals surface area contributed by atoms with E-state index in [-0.39, 0.29) is 0 Å². The van der Waals surface area contributed by atoms with E-state index < -0.39 is 11.3 Å². The van der Waals surface area contributed by atoms with Gasteiger partial charge in [-0.25, -0.2) is 13.2 Å². The fourth-order valence-electron chi connectivity index (χ4n) is 1.93. The van der Waals surface area contributed by atoms with E-state index in [1.54, 1.807) is 6.07 Å². The van der Waals surface area contributed by atoms with Gasteiger partial charge in [0.1, 0.15) is 0 Å². The molecule has 0 amide bonds. The molecule has 0 fully saturated rings. The topological polar surface area (TPSA) is 55.1 Å². The van der Waals surface area contributed by atoms with Crippen LogP contribution in [-0.4, -0.2) is 17.7 Å². The van der Waals surface area contributed by atoms with Crippen LogP contribution >= 0.6 is 0 Å². The SMILES string of the molecule is O=S(O)n1c(-c2ccccc2)nc2ccccc21. The maximum atomic E-state index is 11.5. The molecule has 2 aromatic carbocycles. The van der Waals surface area contributed by atoms with Crippen LogP contribution in [0.5, 0.6) is 0 Å². The van der Waals surface area contributed by atoms with Gasteiger partial charge in [0, 0.05) is 5.56 Å². The van der Waals surface area contributed by atoms with Gasteiger partial charge in [-0.2, -0.15) is 0 Å². The molecule has 0 aliphatic rings. The average Bonchev–Trinajstić information content (AvgIpc) is 2.79.